The first-order valence-corrected chi connectivity index (χ1v) is 7.02. The number of carbonyl (C=O) groups excluding carboxylic acids is 1. The quantitative estimate of drug-likeness (QED) is 0.843. The molecule has 0 aromatic heterocycles. The molecule has 2 aromatic rings. The third-order valence-corrected chi connectivity index (χ3v) is 3.96. The van der Waals surface area contributed by atoms with Gasteiger partial charge in [0.25, 0.3) is 5.91 Å². The summed E-state index contributed by atoms with van der Waals surface area (Å²) in [6, 6.07) is 9.78. The summed E-state index contributed by atoms with van der Waals surface area (Å²) in [6.45, 7) is -0.0143. The van der Waals surface area contributed by atoms with Gasteiger partial charge in [-0.25, -0.2) is 4.39 Å². The number of halogens is 3. The number of carbonyl (C=O) groups is 1. The maximum atomic E-state index is 14.0. The van der Waals surface area contributed by atoms with Gasteiger partial charge in [-0.15, -0.1) is 11.6 Å². The summed E-state index contributed by atoms with van der Waals surface area (Å²) in [5.41, 5.74) is 1.45. The van der Waals surface area contributed by atoms with Crippen LogP contribution in [0.3, 0.4) is 0 Å². The number of ether oxygens (including phenoxy) is 1. The molecule has 0 saturated carbocycles. The third kappa shape index (κ3) is 2.69. The van der Waals surface area contributed by atoms with Crippen LogP contribution >= 0.6 is 23.2 Å². The molecular weight excluding hydrogens is 316 g/mol. The van der Waals surface area contributed by atoms with Gasteiger partial charge >= 0.3 is 0 Å². The molecule has 108 valence electrons. The second-order valence-corrected chi connectivity index (χ2v) is 5.44. The van der Waals surface area contributed by atoms with Crippen molar-refractivity contribution >= 4 is 34.8 Å². The number of anilines is 1. The lowest BCUT2D eigenvalue weighted by molar-refractivity contribution is -0.118. The van der Waals surface area contributed by atoms with Crippen molar-refractivity contribution in [2.24, 2.45) is 0 Å². The molecule has 1 amide bonds. The van der Waals surface area contributed by atoms with Crippen molar-refractivity contribution in [1.82, 2.24) is 0 Å². The Labute approximate surface area is 130 Å². The minimum absolute atomic E-state index is 0.0143. The van der Waals surface area contributed by atoms with E-state index in [0.717, 1.165) is 0 Å². The van der Waals surface area contributed by atoms with Crippen molar-refractivity contribution in [3.8, 4) is 5.75 Å². The Bertz CT molecular complexity index is 721. The molecule has 1 unspecified atom stereocenters. The van der Waals surface area contributed by atoms with E-state index in [1.165, 1.54) is 6.07 Å². The zero-order valence-electron chi connectivity index (χ0n) is 10.7. The van der Waals surface area contributed by atoms with E-state index < -0.39 is 11.2 Å². The predicted octanol–water partition coefficient (Wildman–Crippen LogP) is 4.14. The van der Waals surface area contributed by atoms with Crippen molar-refractivity contribution in [2.45, 2.75) is 5.38 Å². The maximum absolute atomic E-state index is 14.0. The summed E-state index contributed by atoms with van der Waals surface area (Å²) in [7, 11) is 0. The van der Waals surface area contributed by atoms with Gasteiger partial charge in [-0.1, -0.05) is 29.8 Å². The normalized spacial score (nSPS) is 14.9. The van der Waals surface area contributed by atoms with Gasteiger partial charge in [0.2, 0.25) is 0 Å². The molecular formula is C15H10Cl2FNO2. The second kappa shape index (κ2) is 5.54. The number of fused-ring (bicyclic) bond motifs is 1. The second-order valence-electron chi connectivity index (χ2n) is 4.60. The summed E-state index contributed by atoms with van der Waals surface area (Å²) in [4.78, 5) is 11.3. The van der Waals surface area contributed by atoms with Crippen LogP contribution in [-0.4, -0.2) is 12.5 Å². The molecule has 2 aromatic carbocycles. The molecule has 1 aliphatic heterocycles. The smallest absolute Gasteiger partial charge is 0.262 e. The summed E-state index contributed by atoms with van der Waals surface area (Å²) in [5, 5.41) is 2.00. The highest BCUT2D eigenvalue weighted by Crippen LogP contribution is 2.37. The van der Waals surface area contributed by atoms with Crippen molar-refractivity contribution in [3.63, 3.8) is 0 Å². The standard InChI is InChI=1S/C15H10Cl2FNO2/c16-10-3-1-2-9(15(10)18)14(17)8-4-5-12-11(6-8)19-13(20)7-21-12/h1-6,14H,7H2,(H,19,20). The van der Waals surface area contributed by atoms with Gasteiger partial charge < -0.3 is 10.1 Å². The van der Waals surface area contributed by atoms with Gasteiger partial charge in [0.1, 0.15) is 11.6 Å². The molecule has 21 heavy (non-hydrogen) atoms. The van der Waals surface area contributed by atoms with Crippen molar-refractivity contribution < 1.29 is 13.9 Å². The predicted molar refractivity (Wildman–Crippen MR) is 79.7 cm³/mol. The number of hydrogen-bond donors (Lipinski definition) is 1. The van der Waals surface area contributed by atoms with Crippen LogP contribution in [0.1, 0.15) is 16.5 Å². The van der Waals surface area contributed by atoms with E-state index in [1.807, 2.05) is 0 Å². The minimum Gasteiger partial charge on any atom is -0.482 e. The summed E-state index contributed by atoms with van der Waals surface area (Å²) in [5.74, 6) is -0.217. The summed E-state index contributed by atoms with van der Waals surface area (Å²) >= 11 is 12.1. The molecule has 0 spiro atoms. The van der Waals surface area contributed by atoms with E-state index in [0.29, 0.717) is 17.0 Å². The fourth-order valence-electron chi connectivity index (χ4n) is 2.15. The fourth-order valence-corrected chi connectivity index (χ4v) is 2.64. The van der Waals surface area contributed by atoms with Gasteiger partial charge in [-0.05, 0) is 23.8 Å². The highest BCUT2D eigenvalue weighted by atomic mass is 35.5. The SMILES string of the molecule is O=C1COc2ccc(C(Cl)c3cccc(Cl)c3F)cc2N1. The first-order valence-electron chi connectivity index (χ1n) is 6.21. The van der Waals surface area contributed by atoms with E-state index in [9.17, 15) is 9.18 Å². The van der Waals surface area contributed by atoms with Gasteiger partial charge in [0.05, 0.1) is 16.1 Å². The third-order valence-electron chi connectivity index (χ3n) is 3.18. The first kappa shape index (κ1) is 14.2. The van der Waals surface area contributed by atoms with Crippen LogP contribution in [0.15, 0.2) is 36.4 Å². The van der Waals surface area contributed by atoms with Crippen molar-refractivity contribution in [2.75, 3.05) is 11.9 Å². The van der Waals surface area contributed by atoms with Crippen LogP contribution in [0, 0.1) is 5.82 Å². The van der Waals surface area contributed by atoms with E-state index in [4.69, 9.17) is 27.9 Å². The van der Waals surface area contributed by atoms with Crippen LogP contribution in [0.2, 0.25) is 5.02 Å². The van der Waals surface area contributed by atoms with Crippen molar-refractivity contribution in [3.05, 3.63) is 58.4 Å². The molecule has 1 heterocycles. The number of nitrogens with one attached hydrogen (secondary N) is 1. The van der Waals surface area contributed by atoms with Gasteiger partial charge in [-0.3, -0.25) is 4.79 Å². The molecule has 0 saturated heterocycles. The summed E-state index contributed by atoms with van der Waals surface area (Å²) in [6.07, 6.45) is 0. The van der Waals surface area contributed by atoms with Gasteiger partial charge in [-0.2, -0.15) is 0 Å². The number of amides is 1. The average molecular weight is 326 g/mol. The first-order chi connectivity index (χ1) is 10.1. The monoisotopic (exact) mass is 325 g/mol. The Morgan fingerprint density at radius 1 is 1.29 bits per heavy atom. The zero-order chi connectivity index (χ0) is 15.0. The zero-order valence-corrected chi connectivity index (χ0v) is 12.2. The lowest BCUT2D eigenvalue weighted by atomic mass is 10.0. The Kier molecular flexibility index (Phi) is 3.74. The van der Waals surface area contributed by atoms with Gasteiger partial charge in [0, 0.05) is 5.56 Å². The van der Waals surface area contributed by atoms with Crippen LogP contribution in [0.25, 0.3) is 0 Å². The topological polar surface area (TPSA) is 38.3 Å². The molecule has 0 aliphatic carbocycles. The molecule has 1 N–H and O–H groups in total. The minimum atomic E-state index is -0.715. The van der Waals surface area contributed by atoms with Gasteiger partial charge in [0.15, 0.2) is 6.61 Å². The highest BCUT2D eigenvalue weighted by molar-refractivity contribution is 6.31. The lowest BCUT2D eigenvalue weighted by Gasteiger charge is -2.20. The summed E-state index contributed by atoms with van der Waals surface area (Å²) < 4.78 is 19.3. The largest absolute Gasteiger partial charge is 0.482 e. The maximum Gasteiger partial charge on any atom is 0.262 e. The van der Waals surface area contributed by atoms with Crippen molar-refractivity contribution in [1.29, 1.82) is 0 Å². The highest BCUT2D eigenvalue weighted by Gasteiger charge is 2.21. The van der Waals surface area contributed by atoms with Crippen LogP contribution < -0.4 is 10.1 Å². The number of benzene rings is 2. The fraction of sp³-hybridized carbons (Fsp3) is 0.133. The van der Waals surface area contributed by atoms with Crippen LogP contribution in [0.4, 0.5) is 10.1 Å². The van der Waals surface area contributed by atoms with E-state index in [-0.39, 0.29) is 23.1 Å². The van der Waals surface area contributed by atoms with E-state index >= 15 is 0 Å². The molecule has 3 rings (SSSR count). The molecule has 0 radical (unpaired) electrons. The molecule has 0 bridgehead atoms. The van der Waals surface area contributed by atoms with Crippen LogP contribution in [-0.2, 0) is 4.79 Å². The Morgan fingerprint density at radius 3 is 2.90 bits per heavy atom. The molecule has 0 fully saturated rings. The van der Waals surface area contributed by atoms with Crippen LogP contribution in [0.5, 0.6) is 5.75 Å². The Morgan fingerprint density at radius 2 is 2.10 bits per heavy atom. The molecule has 1 aliphatic rings. The molecule has 1 atom stereocenters. The number of hydrogen-bond acceptors (Lipinski definition) is 2. The Balaban J connectivity index is 1.98. The Hall–Kier alpha value is -1.78. The van der Waals surface area contributed by atoms with E-state index in [2.05, 4.69) is 5.32 Å². The lowest BCUT2D eigenvalue weighted by Crippen LogP contribution is -2.25. The number of alkyl halides is 1. The number of rotatable bonds is 2. The average Bonchev–Trinajstić information content (AvgIpc) is 2.48. The van der Waals surface area contributed by atoms with E-state index in [1.54, 1.807) is 30.3 Å². The molecule has 3 nitrogen and oxygen atoms in total. The molecule has 6 heteroatoms.